The van der Waals surface area contributed by atoms with Crippen LogP contribution in [-0.4, -0.2) is 51.5 Å². The maximum Gasteiger partial charge on any atom is 0.0934 e. The Bertz CT molecular complexity index is 587. The number of hydrogen-bond donors (Lipinski definition) is 0. The van der Waals surface area contributed by atoms with Gasteiger partial charge in [-0.2, -0.15) is 0 Å². The quantitative estimate of drug-likeness (QED) is 0.0499. The number of ether oxygens (including phenoxy) is 2. The van der Waals surface area contributed by atoms with Gasteiger partial charge in [0.15, 0.2) is 0 Å². The van der Waals surface area contributed by atoms with Gasteiger partial charge in [-0.15, -0.1) is 0 Å². The van der Waals surface area contributed by atoms with E-state index in [0.717, 1.165) is 26.4 Å². The summed E-state index contributed by atoms with van der Waals surface area (Å²) in [6.07, 6.45) is 49.1. The lowest BCUT2D eigenvalue weighted by Crippen LogP contribution is -2.32. The highest BCUT2D eigenvalue weighted by Crippen LogP contribution is 2.12. The fourth-order valence-corrected chi connectivity index (χ4v) is 6.00. The minimum absolute atomic E-state index is 0.197. The maximum absolute atomic E-state index is 6.23. The molecule has 1 atom stereocenters. The summed E-state index contributed by atoms with van der Waals surface area (Å²) < 4.78 is 12.3. The van der Waals surface area contributed by atoms with Gasteiger partial charge in [0.1, 0.15) is 0 Å². The number of unbranched alkanes of at least 4 members (excludes halogenated alkanes) is 25. The Morgan fingerprint density at radius 1 is 0.422 bits per heavy atom. The summed E-state index contributed by atoms with van der Waals surface area (Å²) in [6.45, 7) is 8.01. The molecule has 0 rings (SSSR count). The summed E-state index contributed by atoms with van der Waals surface area (Å²) in [6, 6.07) is 0. The van der Waals surface area contributed by atoms with E-state index in [4.69, 9.17) is 9.47 Å². The first-order chi connectivity index (χ1) is 22.2. The predicted molar refractivity (Wildman–Crippen MR) is 203 cm³/mol. The molecule has 0 aliphatic rings. The van der Waals surface area contributed by atoms with Crippen molar-refractivity contribution in [2.24, 2.45) is 0 Å². The van der Waals surface area contributed by atoms with E-state index in [-0.39, 0.29) is 6.10 Å². The molecule has 3 heteroatoms. The first kappa shape index (κ1) is 44.4. The van der Waals surface area contributed by atoms with Crippen LogP contribution in [-0.2, 0) is 9.47 Å². The van der Waals surface area contributed by atoms with Gasteiger partial charge in [-0.1, -0.05) is 160 Å². The number of hydrogen-bond acceptors (Lipinski definition) is 3. The minimum Gasteiger partial charge on any atom is -0.379 e. The van der Waals surface area contributed by atoms with Crippen LogP contribution >= 0.6 is 0 Å². The standard InChI is InChI=1S/C42H83NO2/c1-5-7-9-11-13-15-17-19-21-23-24-26-28-30-32-34-36-38-44-41-42(40-43(3)4)45-39-37-35-33-31-29-27-25-22-20-18-16-14-12-10-8-6-2/h19-22,42H,5-18,23-41H2,1-4H3/b21-19-,22-20-. The first-order valence-electron chi connectivity index (χ1n) is 20.3. The molecule has 0 aromatic rings. The number of nitrogens with zero attached hydrogens (tertiary/aromatic N) is 1. The van der Waals surface area contributed by atoms with Crippen LogP contribution in [0.4, 0.5) is 0 Å². The van der Waals surface area contributed by atoms with E-state index in [0.29, 0.717) is 0 Å². The SMILES string of the molecule is CCCCCCCC/C=C\CCCCCCCCCOCC(CN(C)C)OCCCCCCCC/C=C\CCCCCCCC. The second-order valence-corrected chi connectivity index (χ2v) is 14.1. The molecule has 0 saturated heterocycles. The molecule has 0 aromatic heterocycles. The second kappa shape index (κ2) is 39.5. The third-order valence-corrected chi connectivity index (χ3v) is 8.93. The molecule has 0 spiro atoms. The van der Waals surface area contributed by atoms with Gasteiger partial charge in [0.05, 0.1) is 12.7 Å². The molecule has 268 valence electrons. The molecular formula is C42H83NO2. The topological polar surface area (TPSA) is 21.7 Å². The highest BCUT2D eigenvalue weighted by Gasteiger charge is 2.10. The summed E-state index contributed by atoms with van der Waals surface area (Å²) in [5.74, 6) is 0. The van der Waals surface area contributed by atoms with Crippen molar-refractivity contribution in [1.29, 1.82) is 0 Å². The zero-order valence-electron chi connectivity index (χ0n) is 31.5. The highest BCUT2D eigenvalue weighted by atomic mass is 16.5. The van der Waals surface area contributed by atoms with Crippen LogP contribution in [0.1, 0.15) is 200 Å². The minimum atomic E-state index is 0.197. The lowest BCUT2D eigenvalue weighted by molar-refractivity contribution is -0.0287. The molecule has 0 N–H and O–H groups in total. The molecular weight excluding hydrogens is 550 g/mol. The molecule has 0 radical (unpaired) electrons. The molecule has 0 bridgehead atoms. The average molecular weight is 634 g/mol. The summed E-state index contributed by atoms with van der Waals surface area (Å²) in [5.41, 5.74) is 0. The van der Waals surface area contributed by atoms with Crippen LogP contribution in [0.25, 0.3) is 0 Å². The Morgan fingerprint density at radius 3 is 1.13 bits per heavy atom. The fourth-order valence-electron chi connectivity index (χ4n) is 6.00. The van der Waals surface area contributed by atoms with E-state index in [1.54, 1.807) is 0 Å². The van der Waals surface area contributed by atoms with Crippen molar-refractivity contribution in [3.8, 4) is 0 Å². The van der Waals surface area contributed by atoms with Gasteiger partial charge >= 0.3 is 0 Å². The molecule has 45 heavy (non-hydrogen) atoms. The zero-order chi connectivity index (χ0) is 32.7. The van der Waals surface area contributed by atoms with Crippen molar-refractivity contribution >= 4 is 0 Å². The van der Waals surface area contributed by atoms with Gasteiger partial charge in [-0.3, -0.25) is 0 Å². The molecule has 0 aromatic carbocycles. The van der Waals surface area contributed by atoms with Crippen LogP contribution in [0, 0.1) is 0 Å². The molecule has 0 aliphatic heterocycles. The third-order valence-electron chi connectivity index (χ3n) is 8.93. The van der Waals surface area contributed by atoms with Gasteiger partial charge in [0.2, 0.25) is 0 Å². The zero-order valence-corrected chi connectivity index (χ0v) is 31.5. The monoisotopic (exact) mass is 634 g/mol. The smallest absolute Gasteiger partial charge is 0.0934 e. The molecule has 0 saturated carbocycles. The van der Waals surface area contributed by atoms with Crippen LogP contribution in [0.5, 0.6) is 0 Å². The number of allylic oxidation sites excluding steroid dienone is 4. The van der Waals surface area contributed by atoms with Crippen LogP contribution in [0.3, 0.4) is 0 Å². The van der Waals surface area contributed by atoms with E-state index in [1.807, 2.05) is 0 Å². The van der Waals surface area contributed by atoms with Crippen molar-refractivity contribution in [2.45, 2.75) is 206 Å². The molecule has 0 aliphatic carbocycles. The van der Waals surface area contributed by atoms with Crippen molar-refractivity contribution in [3.63, 3.8) is 0 Å². The Labute approximate surface area is 284 Å². The van der Waals surface area contributed by atoms with E-state index in [9.17, 15) is 0 Å². The average Bonchev–Trinajstić information content (AvgIpc) is 3.03. The fraction of sp³-hybridized carbons (Fsp3) is 0.905. The Balaban J connectivity index is 3.51. The van der Waals surface area contributed by atoms with Crippen LogP contribution in [0.2, 0.25) is 0 Å². The molecule has 0 heterocycles. The van der Waals surface area contributed by atoms with Crippen molar-refractivity contribution in [1.82, 2.24) is 4.90 Å². The summed E-state index contributed by atoms with van der Waals surface area (Å²) in [5, 5.41) is 0. The van der Waals surface area contributed by atoms with Crippen molar-refractivity contribution in [3.05, 3.63) is 24.3 Å². The summed E-state index contributed by atoms with van der Waals surface area (Å²) >= 11 is 0. The van der Waals surface area contributed by atoms with Gasteiger partial charge in [-0.25, -0.2) is 0 Å². The number of rotatable bonds is 38. The Morgan fingerprint density at radius 2 is 0.756 bits per heavy atom. The number of likely N-dealkylation sites (N-methyl/N-ethyl adjacent to an activating group) is 1. The second-order valence-electron chi connectivity index (χ2n) is 14.1. The van der Waals surface area contributed by atoms with Gasteiger partial charge in [-0.05, 0) is 78.3 Å². The molecule has 0 amide bonds. The predicted octanol–water partition coefficient (Wildman–Crippen LogP) is 13.4. The van der Waals surface area contributed by atoms with Crippen LogP contribution < -0.4 is 0 Å². The third kappa shape index (κ3) is 39.5. The lowest BCUT2D eigenvalue weighted by Gasteiger charge is -2.21. The highest BCUT2D eigenvalue weighted by molar-refractivity contribution is 4.82. The Kier molecular flexibility index (Phi) is 39.0. The molecule has 3 nitrogen and oxygen atoms in total. The largest absolute Gasteiger partial charge is 0.379 e. The summed E-state index contributed by atoms with van der Waals surface area (Å²) in [4.78, 5) is 2.22. The lowest BCUT2D eigenvalue weighted by atomic mass is 10.1. The van der Waals surface area contributed by atoms with Crippen molar-refractivity contribution < 1.29 is 9.47 Å². The molecule has 0 fully saturated rings. The first-order valence-corrected chi connectivity index (χ1v) is 20.3. The maximum atomic E-state index is 6.23. The van der Waals surface area contributed by atoms with Gasteiger partial charge in [0.25, 0.3) is 0 Å². The normalized spacial score (nSPS) is 12.8. The summed E-state index contributed by atoms with van der Waals surface area (Å²) in [7, 11) is 4.26. The Hall–Kier alpha value is -0.640. The van der Waals surface area contributed by atoms with Crippen molar-refractivity contribution in [2.75, 3.05) is 40.5 Å². The van der Waals surface area contributed by atoms with Gasteiger partial charge in [0, 0.05) is 19.8 Å². The van der Waals surface area contributed by atoms with E-state index >= 15 is 0 Å². The van der Waals surface area contributed by atoms with Gasteiger partial charge < -0.3 is 14.4 Å². The van der Waals surface area contributed by atoms with E-state index < -0.39 is 0 Å². The van der Waals surface area contributed by atoms with E-state index in [2.05, 4.69) is 57.1 Å². The molecule has 1 unspecified atom stereocenters. The van der Waals surface area contributed by atoms with Crippen LogP contribution in [0.15, 0.2) is 24.3 Å². The van der Waals surface area contributed by atoms with E-state index in [1.165, 1.54) is 186 Å².